The van der Waals surface area contributed by atoms with Gasteiger partial charge in [-0.3, -0.25) is 19.2 Å². The third-order valence-electron chi connectivity index (χ3n) is 5.43. The topological polar surface area (TPSA) is 113 Å². The quantitative estimate of drug-likeness (QED) is 0.661. The average molecular weight is 366 g/mol. The summed E-state index contributed by atoms with van der Waals surface area (Å²) in [6.07, 6.45) is 0.413. The SMILES string of the molecule is CCC(NC(=O)C(C)(C)N)C(=O)N1CCN2C(=O)C(C)(C)C(=O)C2(C)C1. The Morgan fingerprint density at radius 1 is 1.23 bits per heavy atom. The van der Waals surface area contributed by atoms with Crippen LogP contribution >= 0.6 is 0 Å². The molecule has 0 bridgehead atoms. The highest BCUT2D eigenvalue weighted by atomic mass is 16.2. The fourth-order valence-corrected chi connectivity index (χ4v) is 3.72. The summed E-state index contributed by atoms with van der Waals surface area (Å²) >= 11 is 0. The molecule has 0 aromatic rings. The van der Waals surface area contributed by atoms with Crippen LogP contribution in [0.2, 0.25) is 0 Å². The predicted octanol–water partition coefficient (Wildman–Crippen LogP) is -0.343. The molecule has 2 aliphatic heterocycles. The highest BCUT2D eigenvalue weighted by Crippen LogP contribution is 2.41. The lowest BCUT2D eigenvalue weighted by molar-refractivity contribution is -0.147. The van der Waals surface area contributed by atoms with Crippen LogP contribution < -0.4 is 11.1 Å². The molecule has 0 aromatic heterocycles. The molecule has 3 N–H and O–H groups in total. The van der Waals surface area contributed by atoms with Crippen LogP contribution in [0.1, 0.15) is 48.0 Å². The van der Waals surface area contributed by atoms with E-state index in [9.17, 15) is 19.2 Å². The van der Waals surface area contributed by atoms with Gasteiger partial charge >= 0.3 is 0 Å². The number of hydrogen-bond acceptors (Lipinski definition) is 5. The first-order valence-corrected chi connectivity index (χ1v) is 9.02. The molecule has 2 unspecified atom stereocenters. The Hall–Kier alpha value is -1.96. The van der Waals surface area contributed by atoms with Crippen molar-refractivity contribution in [2.24, 2.45) is 11.1 Å². The average Bonchev–Trinajstić information content (AvgIpc) is 2.68. The van der Waals surface area contributed by atoms with Gasteiger partial charge < -0.3 is 20.9 Å². The summed E-state index contributed by atoms with van der Waals surface area (Å²) in [7, 11) is 0. The third kappa shape index (κ3) is 3.11. The number of nitrogens with two attached hydrogens (primary N) is 1. The van der Waals surface area contributed by atoms with Crippen molar-refractivity contribution in [2.45, 2.75) is 65.1 Å². The summed E-state index contributed by atoms with van der Waals surface area (Å²) in [6.45, 7) is 10.7. The van der Waals surface area contributed by atoms with Gasteiger partial charge in [0.1, 0.15) is 17.0 Å². The Bertz CT molecular complexity index is 652. The van der Waals surface area contributed by atoms with E-state index in [0.717, 1.165) is 0 Å². The van der Waals surface area contributed by atoms with Crippen molar-refractivity contribution in [1.82, 2.24) is 15.1 Å². The third-order valence-corrected chi connectivity index (χ3v) is 5.43. The number of carbonyl (C=O) groups excluding carboxylic acids is 4. The molecule has 0 aromatic carbocycles. The van der Waals surface area contributed by atoms with E-state index in [-0.39, 0.29) is 24.1 Å². The fraction of sp³-hybridized carbons (Fsp3) is 0.778. The van der Waals surface area contributed by atoms with Gasteiger partial charge in [0.2, 0.25) is 17.7 Å². The summed E-state index contributed by atoms with van der Waals surface area (Å²) in [5, 5.41) is 2.69. The van der Waals surface area contributed by atoms with Crippen LogP contribution in [-0.4, -0.2) is 70.1 Å². The Kier molecular flexibility index (Phi) is 4.96. The van der Waals surface area contributed by atoms with Gasteiger partial charge in [0.25, 0.3) is 0 Å². The molecule has 2 fully saturated rings. The molecule has 2 heterocycles. The van der Waals surface area contributed by atoms with Gasteiger partial charge in [0.15, 0.2) is 5.78 Å². The molecule has 8 heteroatoms. The molecule has 2 rings (SSSR count). The first-order chi connectivity index (χ1) is 11.8. The van der Waals surface area contributed by atoms with Crippen LogP contribution in [0.3, 0.4) is 0 Å². The molecule has 0 saturated carbocycles. The largest absolute Gasteiger partial charge is 0.343 e. The van der Waals surface area contributed by atoms with E-state index in [0.29, 0.717) is 19.5 Å². The van der Waals surface area contributed by atoms with Gasteiger partial charge in [0.05, 0.1) is 12.1 Å². The van der Waals surface area contributed by atoms with Crippen LogP contribution in [0.25, 0.3) is 0 Å². The Balaban J connectivity index is 2.18. The Labute approximate surface area is 154 Å². The molecule has 26 heavy (non-hydrogen) atoms. The zero-order chi connectivity index (χ0) is 20.1. The molecular weight excluding hydrogens is 336 g/mol. The molecule has 0 aliphatic carbocycles. The number of ketones is 1. The van der Waals surface area contributed by atoms with E-state index in [1.54, 1.807) is 51.3 Å². The molecule has 8 nitrogen and oxygen atoms in total. The van der Waals surface area contributed by atoms with Crippen LogP contribution in [0.5, 0.6) is 0 Å². The molecule has 3 amide bonds. The van der Waals surface area contributed by atoms with E-state index in [4.69, 9.17) is 5.73 Å². The number of carbonyl (C=O) groups is 4. The maximum Gasteiger partial charge on any atom is 0.245 e. The number of hydrogen-bond donors (Lipinski definition) is 2. The van der Waals surface area contributed by atoms with Crippen LogP contribution in [-0.2, 0) is 19.2 Å². The predicted molar refractivity (Wildman–Crippen MR) is 96.0 cm³/mol. The number of fused-ring (bicyclic) bond motifs is 1. The summed E-state index contributed by atoms with van der Waals surface area (Å²) in [4.78, 5) is 53.6. The minimum atomic E-state index is -1.09. The van der Waals surface area contributed by atoms with Crippen molar-refractivity contribution in [3.63, 3.8) is 0 Å². The minimum absolute atomic E-state index is 0.137. The lowest BCUT2D eigenvalue weighted by Crippen LogP contribution is -2.65. The van der Waals surface area contributed by atoms with Gasteiger partial charge in [-0.2, -0.15) is 0 Å². The highest BCUT2D eigenvalue weighted by Gasteiger charge is 2.62. The van der Waals surface area contributed by atoms with Crippen LogP contribution in [0, 0.1) is 5.41 Å². The van der Waals surface area contributed by atoms with Gasteiger partial charge in [-0.05, 0) is 41.0 Å². The maximum absolute atomic E-state index is 12.9. The molecule has 0 spiro atoms. The molecule has 2 atom stereocenters. The van der Waals surface area contributed by atoms with Crippen molar-refractivity contribution in [2.75, 3.05) is 19.6 Å². The second-order valence-electron chi connectivity index (χ2n) is 8.60. The van der Waals surface area contributed by atoms with Gasteiger partial charge in [-0.15, -0.1) is 0 Å². The fourth-order valence-electron chi connectivity index (χ4n) is 3.72. The second-order valence-corrected chi connectivity index (χ2v) is 8.60. The summed E-state index contributed by atoms with van der Waals surface area (Å²) in [5.74, 6) is -1.03. The van der Waals surface area contributed by atoms with E-state index in [2.05, 4.69) is 5.32 Å². The Morgan fingerprint density at radius 3 is 2.31 bits per heavy atom. The molecule has 2 saturated heterocycles. The summed E-state index contributed by atoms with van der Waals surface area (Å²) in [5.41, 5.74) is 2.60. The highest BCUT2D eigenvalue weighted by molar-refractivity contribution is 6.16. The second kappa shape index (κ2) is 6.33. The molecule has 2 aliphatic rings. The van der Waals surface area contributed by atoms with Crippen molar-refractivity contribution >= 4 is 23.5 Å². The smallest absolute Gasteiger partial charge is 0.245 e. The van der Waals surface area contributed by atoms with Gasteiger partial charge in [0, 0.05) is 13.1 Å². The molecule has 146 valence electrons. The first kappa shape index (κ1) is 20.4. The number of Topliss-reactive ketones (excluding diaryl/α,β-unsaturated/α-hetero) is 1. The van der Waals surface area contributed by atoms with Crippen LogP contribution in [0.4, 0.5) is 0 Å². The molecule has 0 radical (unpaired) electrons. The van der Waals surface area contributed by atoms with Crippen LogP contribution in [0.15, 0.2) is 0 Å². The summed E-state index contributed by atoms with van der Waals surface area (Å²) in [6, 6.07) is -0.708. The van der Waals surface area contributed by atoms with E-state index in [1.807, 2.05) is 0 Å². The number of piperazine rings is 1. The lowest BCUT2D eigenvalue weighted by atomic mass is 9.82. The lowest BCUT2D eigenvalue weighted by Gasteiger charge is -2.44. The number of rotatable bonds is 4. The zero-order valence-electron chi connectivity index (χ0n) is 16.5. The molecular formula is C18H30N4O4. The first-order valence-electron chi connectivity index (χ1n) is 9.02. The van der Waals surface area contributed by atoms with E-state index < -0.39 is 28.4 Å². The van der Waals surface area contributed by atoms with Crippen molar-refractivity contribution in [1.29, 1.82) is 0 Å². The number of nitrogens with one attached hydrogen (secondary N) is 1. The maximum atomic E-state index is 12.9. The van der Waals surface area contributed by atoms with Gasteiger partial charge in [-0.1, -0.05) is 6.92 Å². The zero-order valence-corrected chi connectivity index (χ0v) is 16.5. The van der Waals surface area contributed by atoms with Crippen molar-refractivity contribution in [3.05, 3.63) is 0 Å². The Morgan fingerprint density at radius 2 is 1.81 bits per heavy atom. The van der Waals surface area contributed by atoms with Crippen molar-refractivity contribution < 1.29 is 19.2 Å². The van der Waals surface area contributed by atoms with Gasteiger partial charge in [-0.25, -0.2) is 0 Å². The standard InChI is InChI=1S/C18H30N4O4/c1-7-11(20-14(25)17(4,5)19)12(23)21-8-9-22-15(26)16(2,3)13(24)18(22,6)10-21/h11H,7-10,19H2,1-6H3,(H,20,25). The van der Waals surface area contributed by atoms with E-state index in [1.165, 1.54) is 0 Å². The monoisotopic (exact) mass is 366 g/mol. The number of amides is 3. The van der Waals surface area contributed by atoms with E-state index >= 15 is 0 Å². The minimum Gasteiger partial charge on any atom is -0.343 e. The van der Waals surface area contributed by atoms with Crippen molar-refractivity contribution in [3.8, 4) is 0 Å². The number of nitrogens with zero attached hydrogens (tertiary/aromatic N) is 2. The normalized spacial score (nSPS) is 26.6. The summed E-state index contributed by atoms with van der Waals surface area (Å²) < 4.78 is 0.